The van der Waals surface area contributed by atoms with E-state index in [1.807, 2.05) is 0 Å². The Bertz CT molecular complexity index is 605. The molecular formula is C16H19FN2O4. The first-order valence-electron chi connectivity index (χ1n) is 7.50. The van der Waals surface area contributed by atoms with E-state index in [-0.39, 0.29) is 50.3 Å². The molecule has 1 aliphatic heterocycles. The zero-order valence-electron chi connectivity index (χ0n) is 12.9. The van der Waals surface area contributed by atoms with Crippen LogP contribution < -0.4 is 10.2 Å². The highest BCUT2D eigenvalue weighted by Crippen LogP contribution is 2.22. The summed E-state index contributed by atoms with van der Waals surface area (Å²) in [4.78, 5) is 36.5. The second-order valence-electron chi connectivity index (χ2n) is 5.26. The third-order valence-corrected chi connectivity index (χ3v) is 3.47. The molecule has 6 nitrogen and oxygen atoms in total. The number of halogens is 1. The largest absolute Gasteiger partial charge is 0.466 e. The number of nitrogens with one attached hydrogen (secondary N) is 1. The zero-order chi connectivity index (χ0) is 16.8. The summed E-state index contributed by atoms with van der Waals surface area (Å²) in [5, 5.41) is 2.72. The fourth-order valence-electron chi connectivity index (χ4n) is 2.45. The van der Waals surface area contributed by atoms with Gasteiger partial charge in [-0.2, -0.15) is 0 Å². The summed E-state index contributed by atoms with van der Waals surface area (Å²) in [7, 11) is 0. The molecule has 0 saturated carbocycles. The molecule has 0 aromatic heterocycles. The number of ether oxygens (including phenoxy) is 1. The van der Waals surface area contributed by atoms with Crippen molar-refractivity contribution in [1.29, 1.82) is 0 Å². The first-order chi connectivity index (χ1) is 11.0. The van der Waals surface area contributed by atoms with Crippen LogP contribution in [0.4, 0.5) is 10.1 Å². The number of anilines is 1. The van der Waals surface area contributed by atoms with E-state index >= 15 is 0 Å². The molecule has 1 atom stereocenters. The lowest BCUT2D eigenvalue weighted by molar-refractivity contribution is -0.144. The second kappa shape index (κ2) is 7.71. The molecule has 23 heavy (non-hydrogen) atoms. The van der Waals surface area contributed by atoms with E-state index in [1.54, 1.807) is 13.0 Å². The Morgan fingerprint density at radius 2 is 2.17 bits per heavy atom. The van der Waals surface area contributed by atoms with Crippen LogP contribution >= 0.6 is 0 Å². The third-order valence-electron chi connectivity index (χ3n) is 3.47. The lowest BCUT2D eigenvalue weighted by Crippen LogP contribution is -2.37. The summed E-state index contributed by atoms with van der Waals surface area (Å²) in [6, 6.07) is 5.41. The first kappa shape index (κ1) is 16.9. The van der Waals surface area contributed by atoms with E-state index in [9.17, 15) is 18.8 Å². The van der Waals surface area contributed by atoms with Crippen LogP contribution in [-0.4, -0.2) is 37.0 Å². The van der Waals surface area contributed by atoms with Crippen molar-refractivity contribution in [1.82, 2.24) is 5.32 Å². The number of benzene rings is 1. The molecule has 0 radical (unpaired) electrons. The molecule has 0 aliphatic carbocycles. The van der Waals surface area contributed by atoms with Crippen LogP contribution in [0.3, 0.4) is 0 Å². The van der Waals surface area contributed by atoms with Crippen molar-refractivity contribution in [2.75, 3.05) is 18.1 Å². The zero-order valence-corrected chi connectivity index (χ0v) is 12.9. The van der Waals surface area contributed by atoms with Gasteiger partial charge < -0.3 is 15.0 Å². The van der Waals surface area contributed by atoms with Crippen LogP contribution in [-0.2, 0) is 19.1 Å². The average molecular weight is 322 g/mol. The summed E-state index contributed by atoms with van der Waals surface area (Å²) in [6.45, 7) is 2.26. The minimum Gasteiger partial charge on any atom is -0.466 e. The summed E-state index contributed by atoms with van der Waals surface area (Å²) in [6.07, 6.45) is 0.180. The first-order valence-corrected chi connectivity index (χ1v) is 7.50. The number of rotatable bonds is 6. The van der Waals surface area contributed by atoms with E-state index in [0.29, 0.717) is 5.69 Å². The standard InChI is InChI=1S/C16H19FN2O4/c1-2-23-16(22)7-6-14(20)18-12-9-15(21)19(10-12)13-5-3-4-11(17)8-13/h3-5,8,12H,2,6-7,9-10H2,1H3,(H,18,20). The van der Waals surface area contributed by atoms with Gasteiger partial charge in [-0.1, -0.05) is 6.07 Å². The van der Waals surface area contributed by atoms with E-state index in [2.05, 4.69) is 5.32 Å². The molecule has 1 aliphatic rings. The highest BCUT2D eigenvalue weighted by molar-refractivity contribution is 5.96. The number of nitrogens with zero attached hydrogens (tertiary/aromatic N) is 1. The Morgan fingerprint density at radius 1 is 1.39 bits per heavy atom. The number of esters is 1. The fraction of sp³-hybridized carbons (Fsp3) is 0.438. The third kappa shape index (κ3) is 4.77. The topological polar surface area (TPSA) is 75.7 Å². The molecule has 1 heterocycles. The van der Waals surface area contributed by atoms with E-state index in [1.165, 1.54) is 23.1 Å². The number of amides is 2. The van der Waals surface area contributed by atoms with E-state index in [0.717, 1.165) is 0 Å². The van der Waals surface area contributed by atoms with Gasteiger partial charge in [-0.25, -0.2) is 4.39 Å². The van der Waals surface area contributed by atoms with Gasteiger partial charge in [0.15, 0.2) is 0 Å². The van der Waals surface area contributed by atoms with Crippen molar-refractivity contribution >= 4 is 23.5 Å². The van der Waals surface area contributed by atoms with Gasteiger partial charge >= 0.3 is 5.97 Å². The van der Waals surface area contributed by atoms with Crippen LogP contribution in [0.2, 0.25) is 0 Å². The van der Waals surface area contributed by atoms with Gasteiger partial charge in [-0.15, -0.1) is 0 Å². The molecule has 0 bridgehead atoms. The van der Waals surface area contributed by atoms with Gasteiger partial charge in [0.2, 0.25) is 11.8 Å². The second-order valence-corrected chi connectivity index (χ2v) is 5.26. The van der Waals surface area contributed by atoms with Gasteiger partial charge in [0.05, 0.1) is 19.1 Å². The molecule has 0 spiro atoms. The van der Waals surface area contributed by atoms with E-state index < -0.39 is 11.8 Å². The van der Waals surface area contributed by atoms with Crippen LogP contribution in [0.15, 0.2) is 24.3 Å². The number of hydrogen-bond donors (Lipinski definition) is 1. The fourth-order valence-corrected chi connectivity index (χ4v) is 2.45. The lowest BCUT2D eigenvalue weighted by Gasteiger charge is -2.17. The maximum Gasteiger partial charge on any atom is 0.306 e. The van der Waals surface area contributed by atoms with Crippen molar-refractivity contribution < 1.29 is 23.5 Å². The van der Waals surface area contributed by atoms with Crippen LogP contribution in [0.25, 0.3) is 0 Å². The predicted octanol–water partition coefficient (Wildman–Crippen LogP) is 1.39. The summed E-state index contributed by atoms with van der Waals surface area (Å²) >= 11 is 0. The normalized spacial score (nSPS) is 17.2. The Balaban J connectivity index is 1.85. The van der Waals surface area contributed by atoms with Gasteiger partial charge in [-0.05, 0) is 25.1 Å². The number of hydrogen-bond acceptors (Lipinski definition) is 4. The van der Waals surface area contributed by atoms with Crippen LogP contribution in [0.1, 0.15) is 26.2 Å². The van der Waals surface area contributed by atoms with Crippen molar-refractivity contribution in [2.45, 2.75) is 32.2 Å². The minimum atomic E-state index is -0.425. The SMILES string of the molecule is CCOC(=O)CCC(=O)NC1CC(=O)N(c2cccc(F)c2)C1. The Hall–Kier alpha value is -2.44. The van der Waals surface area contributed by atoms with Crippen molar-refractivity contribution in [3.05, 3.63) is 30.1 Å². The van der Waals surface area contributed by atoms with Crippen molar-refractivity contribution in [3.8, 4) is 0 Å². The highest BCUT2D eigenvalue weighted by atomic mass is 19.1. The molecule has 2 amide bonds. The van der Waals surface area contributed by atoms with Crippen LogP contribution in [0.5, 0.6) is 0 Å². The molecule has 1 saturated heterocycles. The summed E-state index contributed by atoms with van der Waals surface area (Å²) < 4.78 is 18.0. The molecular weight excluding hydrogens is 303 g/mol. The number of carbonyl (C=O) groups excluding carboxylic acids is 3. The van der Waals surface area contributed by atoms with Crippen molar-refractivity contribution in [3.63, 3.8) is 0 Å². The Kier molecular flexibility index (Phi) is 5.67. The van der Waals surface area contributed by atoms with Crippen molar-refractivity contribution in [2.24, 2.45) is 0 Å². The average Bonchev–Trinajstić information content (AvgIpc) is 2.86. The summed E-state index contributed by atoms with van der Waals surface area (Å²) in [5.74, 6) is -1.33. The molecule has 1 unspecified atom stereocenters. The smallest absolute Gasteiger partial charge is 0.306 e. The lowest BCUT2D eigenvalue weighted by atomic mass is 10.2. The van der Waals surface area contributed by atoms with Gasteiger partial charge in [0, 0.05) is 25.1 Å². The monoisotopic (exact) mass is 322 g/mol. The predicted molar refractivity (Wildman–Crippen MR) is 81.2 cm³/mol. The van der Waals surface area contributed by atoms with Gasteiger partial charge in [0.1, 0.15) is 5.82 Å². The van der Waals surface area contributed by atoms with Gasteiger partial charge in [0.25, 0.3) is 0 Å². The minimum absolute atomic E-state index is 0.00789. The van der Waals surface area contributed by atoms with E-state index in [4.69, 9.17) is 4.74 Å². The van der Waals surface area contributed by atoms with Crippen LogP contribution in [0, 0.1) is 5.82 Å². The maximum absolute atomic E-state index is 13.2. The quantitative estimate of drug-likeness (QED) is 0.803. The Morgan fingerprint density at radius 3 is 2.87 bits per heavy atom. The Labute approximate surface area is 133 Å². The molecule has 1 fully saturated rings. The molecule has 2 rings (SSSR count). The molecule has 1 N–H and O–H groups in total. The van der Waals surface area contributed by atoms with Gasteiger partial charge in [-0.3, -0.25) is 14.4 Å². The molecule has 7 heteroatoms. The molecule has 124 valence electrons. The maximum atomic E-state index is 13.2. The molecule has 1 aromatic rings. The summed E-state index contributed by atoms with van der Waals surface area (Å²) in [5.41, 5.74) is 0.471. The molecule has 1 aromatic carbocycles. The highest BCUT2D eigenvalue weighted by Gasteiger charge is 2.31. The number of carbonyl (C=O) groups is 3.